The number of unbranched alkanes of at least 4 members (excludes halogenated alkanes) is 10. The van der Waals surface area contributed by atoms with Gasteiger partial charge in [-0.25, -0.2) is 0 Å². The lowest BCUT2D eigenvalue weighted by Gasteiger charge is -2.26. The molecule has 1 nitrogen and oxygen atoms in total. The second-order valence-corrected chi connectivity index (χ2v) is 22.5. The number of anilines is 3. The fourth-order valence-corrected chi connectivity index (χ4v) is 12.2. The Balaban J connectivity index is 0.909. The van der Waals surface area contributed by atoms with Crippen molar-refractivity contribution < 1.29 is 0 Å². The summed E-state index contributed by atoms with van der Waals surface area (Å²) in [5.41, 5.74) is 23.1. The van der Waals surface area contributed by atoms with Crippen LogP contribution in [0.15, 0.2) is 206 Å². The zero-order valence-corrected chi connectivity index (χ0v) is 47.6. The SMILES string of the molecule is CCCCCCCCc1cccc(C(c2ccc(-c3ccc4c(-c5c(C)ccc6cc(-c7ccc(N(c8cccc(C)c8)c8cccc(CCCCCCCC)c8)cc7)ccc56)c(C)ccc4c3)cc2)c2cccc(C)c2)c1. The Morgan fingerprint density at radius 2 is 0.769 bits per heavy atom. The third-order valence-electron chi connectivity index (χ3n) is 16.5. The molecule has 78 heavy (non-hydrogen) atoms. The second kappa shape index (κ2) is 25.8. The van der Waals surface area contributed by atoms with E-state index in [1.165, 1.54) is 193 Å². The molecule has 394 valence electrons. The minimum atomic E-state index is 0.166. The molecule has 0 aliphatic carbocycles. The van der Waals surface area contributed by atoms with Crippen molar-refractivity contribution in [2.75, 3.05) is 4.90 Å². The lowest BCUT2D eigenvalue weighted by atomic mass is 9.83. The Bertz CT molecular complexity index is 3350. The highest BCUT2D eigenvalue weighted by Gasteiger charge is 2.20. The molecule has 0 fully saturated rings. The normalized spacial score (nSPS) is 11.9. The van der Waals surface area contributed by atoms with Crippen LogP contribution in [0.25, 0.3) is 54.9 Å². The van der Waals surface area contributed by atoms with Crippen molar-refractivity contribution in [2.24, 2.45) is 0 Å². The molecule has 10 aromatic carbocycles. The number of benzene rings is 10. The first-order valence-corrected chi connectivity index (χ1v) is 29.6. The molecule has 0 heterocycles. The number of aryl methyl sites for hydroxylation is 6. The van der Waals surface area contributed by atoms with E-state index >= 15 is 0 Å². The Hall–Kier alpha value is -7.48. The van der Waals surface area contributed by atoms with Gasteiger partial charge in [-0.3, -0.25) is 0 Å². The minimum absolute atomic E-state index is 0.166. The predicted molar refractivity (Wildman–Crippen MR) is 339 cm³/mol. The molecule has 1 heteroatoms. The van der Waals surface area contributed by atoms with Crippen LogP contribution in [-0.2, 0) is 12.8 Å². The van der Waals surface area contributed by atoms with Gasteiger partial charge in [0.05, 0.1) is 0 Å². The van der Waals surface area contributed by atoms with E-state index in [1.807, 2.05) is 0 Å². The summed E-state index contributed by atoms with van der Waals surface area (Å²) in [6.07, 6.45) is 18.0. The highest BCUT2D eigenvalue weighted by molar-refractivity contribution is 6.09. The van der Waals surface area contributed by atoms with Gasteiger partial charge in [0.1, 0.15) is 0 Å². The van der Waals surface area contributed by atoms with Crippen LogP contribution >= 0.6 is 0 Å². The van der Waals surface area contributed by atoms with Gasteiger partial charge in [-0.05, 0) is 201 Å². The van der Waals surface area contributed by atoms with E-state index in [9.17, 15) is 0 Å². The maximum Gasteiger partial charge on any atom is 0.0464 e. The second-order valence-electron chi connectivity index (χ2n) is 22.5. The quantitative estimate of drug-likeness (QED) is 0.0456. The predicted octanol–water partition coefficient (Wildman–Crippen LogP) is 22.7. The number of nitrogens with zero attached hydrogens (tertiary/aromatic N) is 1. The minimum Gasteiger partial charge on any atom is -0.310 e. The first-order valence-electron chi connectivity index (χ1n) is 29.6. The molecule has 0 bridgehead atoms. The number of hydrogen-bond acceptors (Lipinski definition) is 1. The van der Waals surface area contributed by atoms with Gasteiger partial charge in [-0.15, -0.1) is 0 Å². The standard InChI is InChI=1S/C77H81N/c1-7-9-11-13-15-17-25-59-27-21-30-69(51-59)77(68-29-19-23-55(3)49-68)63-39-37-61(38-40-63)64-43-47-73-66(53-64)35-33-57(5)75(73)76-58(6)34-36-67-54-65(44-48-74(67)76)62-41-45-70(46-42-62)78(71-31-20-24-56(4)50-71)72-32-22-28-60(52-72)26-18-16-14-12-10-8-2/h19-24,27-54,77H,7-18,25-26H2,1-6H3. The summed E-state index contributed by atoms with van der Waals surface area (Å²) in [7, 11) is 0. The van der Waals surface area contributed by atoms with Gasteiger partial charge >= 0.3 is 0 Å². The molecule has 0 radical (unpaired) electrons. The van der Waals surface area contributed by atoms with E-state index in [2.05, 4.69) is 253 Å². The molecule has 1 atom stereocenters. The summed E-state index contributed by atoms with van der Waals surface area (Å²) in [6, 6.07) is 78.6. The van der Waals surface area contributed by atoms with Crippen molar-refractivity contribution in [3.05, 3.63) is 256 Å². The van der Waals surface area contributed by atoms with Crippen molar-refractivity contribution >= 4 is 38.6 Å². The van der Waals surface area contributed by atoms with Gasteiger partial charge in [0, 0.05) is 23.0 Å². The van der Waals surface area contributed by atoms with Gasteiger partial charge in [0.2, 0.25) is 0 Å². The van der Waals surface area contributed by atoms with Crippen LogP contribution in [0.5, 0.6) is 0 Å². The number of hydrogen-bond donors (Lipinski definition) is 0. The third kappa shape index (κ3) is 12.8. The molecule has 0 saturated heterocycles. The van der Waals surface area contributed by atoms with Crippen LogP contribution in [0.4, 0.5) is 17.1 Å². The van der Waals surface area contributed by atoms with Crippen molar-refractivity contribution in [1.82, 2.24) is 0 Å². The average molecular weight is 1020 g/mol. The summed E-state index contributed by atoms with van der Waals surface area (Å²) < 4.78 is 0. The van der Waals surface area contributed by atoms with Gasteiger partial charge in [0.25, 0.3) is 0 Å². The van der Waals surface area contributed by atoms with Crippen LogP contribution in [0.3, 0.4) is 0 Å². The van der Waals surface area contributed by atoms with Gasteiger partial charge in [-0.2, -0.15) is 0 Å². The molecular formula is C77H81N. The maximum absolute atomic E-state index is 2.48. The zero-order valence-electron chi connectivity index (χ0n) is 47.6. The highest BCUT2D eigenvalue weighted by atomic mass is 15.1. The lowest BCUT2D eigenvalue weighted by Crippen LogP contribution is -2.10. The van der Waals surface area contributed by atoms with E-state index in [-0.39, 0.29) is 5.92 Å². The molecule has 0 amide bonds. The summed E-state index contributed by atoms with van der Waals surface area (Å²) in [5, 5.41) is 5.09. The zero-order chi connectivity index (χ0) is 53.8. The van der Waals surface area contributed by atoms with Crippen molar-refractivity contribution in [3.8, 4) is 33.4 Å². The van der Waals surface area contributed by atoms with Gasteiger partial charge in [0.15, 0.2) is 0 Å². The Labute approximate surface area is 468 Å². The van der Waals surface area contributed by atoms with E-state index in [0.29, 0.717) is 0 Å². The topological polar surface area (TPSA) is 3.24 Å². The van der Waals surface area contributed by atoms with E-state index in [0.717, 1.165) is 18.5 Å². The molecule has 0 spiro atoms. The molecule has 0 aliphatic heterocycles. The highest BCUT2D eigenvalue weighted by Crippen LogP contribution is 2.43. The average Bonchev–Trinajstić information content (AvgIpc) is 3.47. The Morgan fingerprint density at radius 3 is 1.32 bits per heavy atom. The maximum atomic E-state index is 2.48. The summed E-state index contributed by atoms with van der Waals surface area (Å²) in [5.74, 6) is 0.166. The van der Waals surface area contributed by atoms with Crippen LogP contribution in [0.2, 0.25) is 0 Å². The van der Waals surface area contributed by atoms with E-state index < -0.39 is 0 Å². The Morgan fingerprint density at radius 1 is 0.321 bits per heavy atom. The fourth-order valence-electron chi connectivity index (χ4n) is 12.2. The first-order chi connectivity index (χ1) is 38.2. The smallest absolute Gasteiger partial charge is 0.0464 e. The summed E-state index contributed by atoms with van der Waals surface area (Å²) in [4.78, 5) is 2.42. The summed E-state index contributed by atoms with van der Waals surface area (Å²) in [6.45, 7) is 13.5. The third-order valence-corrected chi connectivity index (χ3v) is 16.5. The largest absolute Gasteiger partial charge is 0.310 e. The Kier molecular flexibility index (Phi) is 17.8. The van der Waals surface area contributed by atoms with E-state index in [4.69, 9.17) is 0 Å². The van der Waals surface area contributed by atoms with Crippen molar-refractivity contribution in [1.29, 1.82) is 0 Å². The van der Waals surface area contributed by atoms with Crippen LogP contribution in [0.1, 0.15) is 147 Å². The molecule has 0 aromatic heterocycles. The summed E-state index contributed by atoms with van der Waals surface area (Å²) >= 11 is 0. The molecular weight excluding hydrogens is 939 g/mol. The molecule has 10 rings (SSSR count). The van der Waals surface area contributed by atoms with Gasteiger partial charge < -0.3 is 4.90 Å². The fraction of sp³-hybridized carbons (Fsp3) is 0.273. The van der Waals surface area contributed by atoms with Crippen LogP contribution in [-0.4, -0.2) is 0 Å². The van der Waals surface area contributed by atoms with Crippen molar-refractivity contribution in [2.45, 2.75) is 137 Å². The molecule has 0 N–H and O–H groups in total. The first kappa shape index (κ1) is 53.9. The number of fused-ring (bicyclic) bond motifs is 2. The van der Waals surface area contributed by atoms with E-state index in [1.54, 1.807) is 0 Å². The number of rotatable bonds is 23. The lowest BCUT2D eigenvalue weighted by molar-refractivity contribution is 0.607. The molecule has 1 unspecified atom stereocenters. The van der Waals surface area contributed by atoms with Crippen LogP contribution in [0, 0.1) is 27.7 Å². The monoisotopic (exact) mass is 1020 g/mol. The van der Waals surface area contributed by atoms with Crippen LogP contribution < -0.4 is 4.90 Å². The molecule has 10 aromatic rings. The molecule has 0 aliphatic rings. The van der Waals surface area contributed by atoms with Crippen molar-refractivity contribution in [3.63, 3.8) is 0 Å². The molecule has 0 saturated carbocycles. The van der Waals surface area contributed by atoms with Gasteiger partial charge in [-0.1, -0.05) is 241 Å².